The molecule has 1 aliphatic rings. The summed E-state index contributed by atoms with van der Waals surface area (Å²) in [5.41, 5.74) is 0.483. The van der Waals surface area contributed by atoms with Gasteiger partial charge in [0.2, 0.25) is 0 Å². The van der Waals surface area contributed by atoms with Crippen molar-refractivity contribution in [2.24, 2.45) is 0 Å². The van der Waals surface area contributed by atoms with Crippen LogP contribution in [0.5, 0.6) is 5.75 Å². The van der Waals surface area contributed by atoms with Crippen molar-refractivity contribution in [2.75, 3.05) is 0 Å². The van der Waals surface area contributed by atoms with E-state index in [9.17, 15) is 0 Å². The van der Waals surface area contributed by atoms with Crippen LogP contribution in [0.2, 0.25) is 0 Å². The highest BCUT2D eigenvalue weighted by molar-refractivity contribution is 6.58. The van der Waals surface area contributed by atoms with Gasteiger partial charge in [0.05, 0.1) is 6.10 Å². The number of ether oxygens (including phenoxy) is 1. The molecule has 2 rings (SSSR count). The van der Waals surface area contributed by atoms with Crippen LogP contribution in [0.1, 0.15) is 38.5 Å². The molecule has 3 nitrogen and oxygen atoms in total. The third-order valence-corrected chi connectivity index (χ3v) is 3.26. The predicted octanol–water partition coefficient (Wildman–Crippen LogP) is 1.47. The molecule has 0 aromatic heterocycles. The van der Waals surface area contributed by atoms with Crippen LogP contribution in [-0.2, 0) is 0 Å². The van der Waals surface area contributed by atoms with E-state index in [0.29, 0.717) is 5.46 Å². The van der Waals surface area contributed by atoms with E-state index >= 15 is 0 Å². The quantitative estimate of drug-likeness (QED) is 0.615. The Kier molecular flexibility index (Phi) is 4.46. The minimum atomic E-state index is -1.42. The van der Waals surface area contributed by atoms with E-state index in [1.54, 1.807) is 18.2 Å². The van der Waals surface area contributed by atoms with E-state index in [2.05, 4.69) is 0 Å². The highest BCUT2D eigenvalue weighted by Crippen LogP contribution is 2.22. The van der Waals surface area contributed by atoms with Crippen LogP contribution in [0.15, 0.2) is 24.3 Å². The summed E-state index contributed by atoms with van der Waals surface area (Å²) in [5.74, 6) is 0.738. The van der Waals surface area contributed by atoms with Crippen molar-refractivity contribution in [1.82, 2.24) is 0 Å². The molecule has 4 heteroatoms. The molecule has 0 spiro atoms. The molecule has 0 atom stereocenters. The van der Waals surface area contributed by atoms with Crippen LogP contribution in [0.4, 0.5) is 0 Å². The first-order valence-corrected chi connectivity index (χ1v) is 6.38. The molecule has 1 fully saturated rings. The van der Waals surface area contributed by atoms with Crippen LogP contribution < -0.4 is 10.2 Å². The molecule has 1 saturated carbocycles. The molecule has 0 aliphatic heterocycles. The summed E-state index contributed by atoms with van der Waals surface area (Å²) >= 11 is 0. The topological polar surface area (TPSA) is 49.7 Å². The summed E-state index contributed by atoms with van der Waals surface area (Å²) in [4.78, 5) is 0. The number of hydrogen-bond acceptors (Lipinski definition) is 3. The van der Waals surface area contributed by atoms with Crippen LogP contribution >= 0.6 is 0 Å². The number of hydrogen-bond donors (Lipinski definition) is 2. The summed E-state index contributed by atoms with van der Waals surface area (Å²) in [5, 5.41) is 18.2. The van der Waals surface area contributed by atoms with Gasteiger partial charge in [0.15, 0.2) is 0 Å². The molecule has 92 valence electrons. The molecule has 1 aromatic carbocycles. The molecule has 0 heterocycles. The first kappa shape index (κ1) is 12.5. The minimum Gasteiger partial charge on any atom is -0.490 e. The normalized spacial score (nSPS) is 17.5. The van der Waals surface area contributed by atoms with Gasteiger partial charge in [-0.1, -0.05) is 25.0 Å². The Morgan fingerprint density at radius 2 is 1.76 bits per heavy atom. The Balaban J connectivity index is 1.99. The van der Waals surface area contributed by atoms with Gasteiger partial charge >= 0.3 is 7.12 Å². The van der Waals surface area contributed by atoms with Gasteiger partial charge in [-0.3, -0.25) is 0 Å². The molecular formula is C13H19BO3. The molecule has 0 unspecified atom stereocenters. The van der Waals surface area contributed by atoms with Crippen LogP contribution in [0.25, 0.3) is 0 Å². The summed E-state index contributed by atoms with van der Waals surface area (Å²) in [6.07, 6.45) is 7.55. The third kappa shape index (κ3) is 3.75. The highest BCUT2D eigenvalue weighted by Gasteiger charge is 2.15. The number of benzene rings is 1. The largest absolute Gasteiger partial charge is 0.490 e. The lowest BCUT2D eigenvalue weighted by Crippen LogP contribution is -2.29. The molecule has 0 amide bonds. The van der Waals surface area contributed by atoms with Gasteiger partial charge in [-0.05, 0) is 43.3 Å². The van der Waals surface area contributed by atoms with Crippen molar-refractivity contribution in [3.05, 3.63) is 24.3 Å². The standard InChI is InChI=1S/C13H19BO3/c15-14(16)11-6-5-9-13(10-11)17-12-7-3-1-2-4-8-12/h5-6,9-10,12,15-16H,1-4,7-8H2. The van der Waals surface area contributed by atoms with Gasteiger partial charge in [-0.15, -0.1) is 0 Å². The predicted molar refractivity (Wildman–Crippen MR) is 68.4 cm³/mol. The second kappa shape index (κ2) is 6.08. The fraction of sp³-hybridized carbons (Fsp3) is 0.538. The third-order valence-electron chi connectivity index (χ3n) is 3.26. The summed E-state index contributed by atoms with van der Waals surface area (Å²) < 4.78 is 5.90. The maximum Gasteiger partial charge on any atom is 0.488 e. The average Bonchev–Trinajstić information content (AvgIpc) is 2.58. The van der Waals surface area contributed by atoms with E-state index in [4.69, 9.17) is 14.8 Å². The Morgan fingerprint density at radius 3 is 2.41 bits per heavy atom. The highest BCUT2D eigenvalue weighted by atomic mass is 16.5. The van der Waals surface area contributed by atoms with Gasteiger partial charge in [0, 0.05) is 0 Å². The molecule has 0 saturated heterocycles. The number of rotatable bonds is 3. The van der Waals surface area contributed by atoms with E-state index < -0.39 is 7.12 Å². The van der Waals surface area contributed by atoms with Crippen LogP contribution in [-0.4, -0.2) is 23.3 Å². The van der Waals surface area contributed by atoms with Gasteiger partial charge in [-0.25, -0.2) is 0 Å². The Morgan fingerprint density at radius 1 is 1.06 bits per heavy atom. The summed E-state index contributed by atoms with van der Waals surface area (Å²) in [6, 6.07) is 7.05. The Bertz CT molecular complexity index is 346. The second-order valence-electron chi connectivity index (χ2n) is 4.68. The minimum absolute atomic E-state index is 0.281. The molecular weight excluding hydrogens is 215 g/mol. The van der Waals surface area contributed by atoms with Crippen molar-refractivity contribution >= 4 is 12.6 Å². The zero-order valence-corrected chi connectivity index (χ0v) is 10.0. The van der Waals surface area contributed by atoms with Crippen molar-refractivity contribution in [3.8, 4) is 5.75 Å². The lowest BCUT2D eigenvalue weighted by molar-refractivity contribution is 0.184. The SMILES string of the molecule is OB(O)c1cccc(OC2CCCCCC2)c1. The maximum absolute atomic E-state index is 9.10. The van der Waals surface area contributed by atoms with Crippen LogP contribution in [0, 0.1) is 0 Å². The van der Waals surface area contributed by atoms with E-state index in [0.717, 1.165) is 18.6 Å². The Labute approximate surface area is 103 Å². The Hall–Kier alpha value is -0.995. The molecule has 1 aliphatic carbocycles. The first-order valence-electron chi connectivity index (χ1n) is 6.38. The fourth-order valence-corrected chi connectivity index (χ4v) is 2.30. The van der Waals surface area contributed by atoms with Crippen LogP contribution in [0.3, 0.4) is 0 Å². The zero-order valence-electron chi connectivity index (χ0n) is 10.0. The molecule has 0 bridgehead atoms. The van der Waals surface area contributed by atoms with Crippen molar-refractivity contribution in [2.45, 2.75) is 44.6 Å². The average molecular weight is 234 g/mol. The monoisotopic (exact) mass is 234 g/mol. The maximum atomic E-state index is 9.10. The fourth-order valence-electron chi connectivity index (χ4n) is 2.30. The molecule has 2 N–H and O–H groups in total. The molecule has 17 heavy (non-hydrogen) atoms. The van der Waals surface area contributed by atoms with E-state index in [-0.39, 0.29) is 6.10 Å². The zero-order chi connectivity index (χ0) is 12.1. The first-order chi connectivity index (χ1) is 8.25. The molecule has 1 aromatic rings. The van der Waals surface area contributed by atoms with E-state index in [1.807, 2.05) is 6.07 Å². The van der Waals surface area contributed by atoms with Crippen molar-refractivity contribution in [1.29, 1.82) is 0 Å². The van der Waals surface area contributed by atoms with Crippen molar-refractivity contribution in [3.63, 3.8) is 0 Å². The van der Waals surface area contributed by atoms with Gasteiger partial charge in [0.25, 0.3) is 0 Å². The smallest absolute Gasteiger partial charge is 0.488 e. The van der Waals surface area contributed by atoms with Gasteiger partial charge < -0.3 is 14.8 Å². The second-order valence-corrected chi connectivity index (χ2v) is 4.68. The lowest BCUT2D eigenvalue weighted by atomic mass is 9.80. The van der Waals surface area contributed by atoms with Gasteiger partial charge in [-0.2, -0.15) is 0 Å². The summed E-state index contributed by atoms with van der Waals surface area (Å²) in [7, 11) is -1.42. The van der Waals surface area contributed by atoms with E-state index in [1.165, 1.54) is 25.7 Å². The lowest BCUT2D eigenvalue weighted by Gasteiger charge is -2.17. The molecule has 0 radical (unpaired) electrons. The van der Waals surface area contributed by atoms with Crippen molar-refractivity contribution < 1.29 is 14.8 Å². The summed E-state index contributed by atoms with van der Waals surface area (Å²) in [6.45, 7) is 0. The van der Waals surface area contributed by atoms with Gasteiger partial charge in [0.1, 0.15) is 5.75 Å².